The molecular weight excluding hydrogens is 330 g/mol. The average molecular weight is 354 g/mol. The molecule has 0 aromatic carbocycles. The summed E-state index contributed by atoms with van der Waals surface area (Å²) in [6, 6.07) is 0.104. The van der Waals surface area contributed by atoms with Crippen molar-refractivity contribution in [3.05, 3.63) is 33.3 Å². The first kappa shape index (κ1) is 16.2. The van der Waals surface area contributed by atoms with Gasteiger partial charge >= 0.3 is 0 Å². The number of aromatic nitrogens is 4. The number of hydrogen-bond acceptors (Lipinski definition) is 3. The molecule has 0 aliphatic heterocycles. The SMILES string of the molecule is CCCn1ncc(Br)c1C(NCC)c1c(C)nn(C)c1C. The van der Waals surface area contributed by atoms with Gasteiger partial charge in [-0.2, -0.15) is 10.2 Å². The fourth-order valence-electron chi connectivity index (χ4n) is 2.80. The van der Waals surface area contributed by atoms with Crippen molar-refractivity contribution in [1.82, 2.24) is 24.9 Å². The summed E-state index contributed by atoms with van der Waals surface area (Å²) in [5, 5.41) is 12.7. The Bertz CT molecular complexity index is 614. The molecule has 2 rings (SSSR count). The highest BCUT2D eigenvalue weighted by molar-refractivity contribution is 9.10. The Hall–Kier alpha value is -1.14. The number of hydrogen-bond donors (Lipinski definition) is 1. The molecule has 6 heteroatoms. The van der Waals surface area contributed by atoms with Gasteiger partial charge in [0.25, 0.3) is 0 Å². The van der Waals surface area contributed by atoms with Crippen molar-refractivity contribution < 1.29 is 0 Å². The Labute approximate surface area is 134 Å². The van der Waals surface area contributed by atoms with Crippen molar-refractivity contribution >= 4 is 15.9 Å². The predicted molar refractivity (Wildman–Crippen MR) is 88.4 cm³/mol. The van der Waals surface area contributed by atoms with E-state index in [0.717, 1.165) is 29.7 Å². The second kappa shape index (κ2) is 6.75. The van der Waals surface area contributed by atoms with Crippen molar-refractivity contribution in [3.63, 3.8) is 0 Å². The van der Waals surface area contributed by atoms with E-state index in [9.17, 15) is 0 Å². The number of aryl methyl sites for hydroxylation is 3. The maximum atomic E-state index is 4.56. The molecule has 0 saturated heterocycles. The lowest BCUT2D eigenvalue weighted by atomic mass is 10.0. The lowest BCUT2D eigenvalue weighted by molar-refractivity contribution is 0.516. The van der Waals surface area contributed by atoms with E-state index in [1.807, 2.05) is 17.9 Å². The first-order valence-corrected chi connectivity index (χ1v) is 8.25. The highest BCUT2D eigenvalue weighted by Gasteiger charge is 2.26. The third-order valence-corrected chi connectivity index (χ3v) is 4.41. The molecule has 2 aromatic heterocycles. The van der Waals surface area contributed by atoms with Crippen LogP contribution in [-0.2, 0) is 13.6 Å². The molecule has 2 heterocycles. The highest BCUT2D eigenvalue weighted by atomic mass is 79.9. The molecule has 0 aliphatic rings. The van der Waals surface area contributed by atoms with Gasteiger partial charge in [-0.1, -0.05) is 13.8 Å². The molecule has 0 radical (unpaired) electrons. The topological polar surface area (TPSA) is 47.7 Å². The molecule has 0 fully saturated rings. The molecule has 0 saturated carbocycles. The van der Waals surface area contributed by atoms with Crippen molar-refractivity contribution in [3.8, 4) is 0 Å². The van der Waals surface area contributed by atoms with Crippen LogP contribution in [0.25, 0.3) is 0 Å². The lowest BCUT2D eigenvalue weighted by Crippen LogP contribution is -2.26. The standard InChI is InChI=1S/C15H24BrN5/c1-6-8-21-15(12(16)9-18-21)14(17-7-2)13-10(3)19-20(5)11(13)4/h9,14,17H,6-8H2,1-5H3. The normalized spacial score (nSPS) is 12.9. The van der Waals surface area contributed by atoms with Crippen LogP contribution < -0.4 is 5.32 Å². The van der Waals surface area contributed by atoms with Crippen LogP contribution in [0, 0.1) is 13.8 Å². The Morgan fingerprint density at radius 3 is 2.57 bits per heavy atom. The molecule has 2 aromatic rings. The molecule has 0 bridgehead atoms. The first-order chi connectivity index (χ1) is 10.0. The summed E-state index contributed by atoms with van der Waals surface area (Å²) in [4.78, 5) is 0. The Morgan fingerprint density at radius 1 is 1.33 bits per heavy atom. The van der Waals surface area contributed by atoms with E-state index >= 15 is 0 Å². The molecule has 1 unspecified atom stereocenters. The molecular formula is C15H24BrN5. The van der Waals surface area contributed by atoms with Gasteiger partial charge < -0.3 is 5.32 Å². The van der Waals surface area contributed by atoms with Crippen LogP contribution in [0.4, 0.5) is 0 Å². The highest BCUT2D eigenvalue weighted by Crippen LogP contribution is 2.32. The molecule has 5 nitrogen and oxygen atoms in total. The van der Waals surface area contributed by atoms with Crippen LogP contribution in [0.2, 0.25) is 0 Å². The molecule has 0 amide bonds. The quantitative estimate of drug-likeness (QED) is 0.867. The molecule has 0 aliphatic carbocycles. The maximum Gasteiger partial charge on any atom is 0.0795 e. The van der Waals surface area contributed by atoms with Gasteiger partial charge in [0.05, 0.1) is 28.1 Å². The van der Waals surface area contributed by atoms with Gasteiger partial charge in [-0.3, -0.25) is 9.36 Å². The third kappa shape index (κ3) is 3.06. The Balaban J connectivity index is 2.56. The average Bonchev–Trinajstić information content (AvgIpc) is 2.90. The van der Waals surface area contributed by atoms with Gasteiger partial charge in [0.1, 0.15) is 0 Å². The monoisotopic (exact) mass is 353 g/mol. The minimum Gasteiger partial charge on any atom is -0.305 e. The maximum absolute atomic E-state index is 4.56. The van der Waals surface area contributed by atoms with Crippen LogP contribution in [-0.4, -0.2) is 26.1 Å². The smallest absolute Gasteiger partial charge is 0.0795 e. The minimum atomic E-state index is 0.104. The number of halogens is 1. The van der Waals surface area contributed by atoms with Crippen LogP contribution in [0.3, 0.4) is 0 Å². The van der Waals surface area contributed by atoms with E-state index in [2.05, 4.69) is 63.8 Å². The van der Waals surface area contributed by atoms with E-state index < -0.39 is 0 Å². The molecule has 1 atom stereocenters. The molecule has 0 spiro atoms. The van der Waals surface area contributed by atoms with Crippen LogP contribution in [0.1, 0.15) is 49.0 Å². The molecule has 116 valence electrons. The summed E-state index contributed by atoms with van der Waals surface area (Å²) in [5.74, 6) is 0. The minimum absolute atomic E-state index is 0.104. The van der Waals surface area contributed by atoms with E-state index in [1.165, 1.54) is 17.0 Å². The predicted octanol–water partition coefficient (Wildman–Crippen LogP) is 3.10. The number of rotatable bonds is 6. The fourth-order valence-corrected chi connectivity index (χ4v) is 3.32. The van der Waals surface area contributed by atoms with Gasteiger partial charge in [-0.25, -0.2) is 0 Å². The van der Waals surface area contributed by atoms with Crippen molar-refractivity contribution in [2.75, 3.05) is 6.54 Å². The third-order valence-electron chi connectivity index (χ3n) is 3.80. The number of nitrogens with zero attached hydrogens (tertiary/aromatic N) is 4. The van der Waals surface area contributed by atoms with E-state index in [-0.39, 0.29) is 6.04 Å². The van der Waals surface area contributed by atoms with E-state index in [0.29, 0.717) is 0 Å². The van der Waals surface area contributed by atoms with Crippen molar-refractivity contribution in [1.29, 1.82) is 0 Å². The zero-order valence-corrected chi connectivity index (χ0v) is 15.0. The lowest BCUT2D eigenvalue weighted by Gasteiger charge is -2.21. The van der Waals surface area contributed by atoms with Crippen LogP contribution in [0.5, 0.6) is 0 Å². The summed E-state index contributed by atoms with van der Waals surface area (Å²) >= 11 is 3.66. The largest absolute Gasteiger partial charge is 0.305 e. The summed E-state index contributed by atoms with van der Waals surface area (Å²) in [6.07, 6.45) is 2.95. The van der Waals surface area contributed by atoms with Crippen LogP contribution in [0.15, 0.2) is 10.7 Å². The Morgan fingerprint density at radius 2 is 2.05 bits per heavy atom. The molecule has 1 N–H and O–H groups in total. The van der Waals surface area contributed by atoms with Crippen LogP contribution >= 0.6 is 15.9 Å². The Kier molecular flexibility index (Phi) is 5.22. The van der Waals surface area contributed by atoms with Crippen molar-refractivity contribution in [2.45, 2.75) is 46.7 Å². The van der Waals surface area contributed by atoms with Crippen molar-refractivity contribution in [2.24, 2.45) is 7.05 Å². The molecule has 21 heavy (non-hydrogen) atoms. The summed E-state index contributed by atoms with van der Waals surface area (Å²) in [6.45, 7) is 10.3. The zero-order valence-electron chi connectivity index (χ0n) is 13.4. The van der Waals surface area contributed by atoms with Gasteiger partial charge in [0, 0.05) is 24.8 Å². The second-order valence-electron chi connectivity index (χ2n) is 5.30. The van der Waals surface area contributed by atoms with Gasteiger partial charge in [-0.05, 0) is 42.7 Å². The van der Waals surface area contributed by atoms with Gasteiger partial charge in [-0.15, -0.1) is 0 Å². The first-order valence-electron chi connectivity index (χ1n) is 7.45. The summed E-state index contributed by atoms with van der Waals surface area (Å²) < 4.78 is 5.08. The van der Waals surface area contributed by atoms with Gasteiger partial charge in [0.15, 0.2) is 0 Å². The van der Waals surface area contributed by atoms with E-state index in [4.69, 9.17) is 0 Å². The zero-order chi connectivity index (χ0) is 15.6. The fraction of sp³-hybridized carbons (Fsp3) is 0.600. The second-order valence-corrected chi connectivity index (χ2v) is 6.15. The number of nitrogens with one attached hydrogen (secondary N) is 1. The summed E-state index contributed by atoms with van der Waals surface area (Å²) in [5.41, 5.74) is 4.68. The van der Waals surface area contributed by atoms with Gasteiger partial charge in [0.2, 0.25) is 0 Å². The summed E-state index contributed by atoms with van der Waals surface area (Å²) in [7, 11) is 1.99. The van der Waals surface area contributed by atoms with E-state index in [1.54, 1.807) is 0 Å².